The van der Waals surface area contributed by atoms with Gasteiger partial charge in [-0.3, -0.25) is 20.0 Å². The van der Waals surface area contributed by atoms with E-state index in [0.717, 1.165) is 21.2 Å². The fourth-order valence-electron chi connectivity index (χ4n) is 3.19. The Morgan fingerprint density at radius 3 is 2.62 bits per heavy atom. The number of hydrogen-bond donors (Lipinski definition) is 2. The number of rotatable bonds is 4. The number of carbonyl (C=O) groups is 1. The molecule has 29 heavy (non-hydrogen) atoms. The van der Waals surface area contributed by atoms with Gasteiger partial charge in [-0.1, -0.05) is 23.9 Å². The number of H-pyrrole nitrogens is 1. The molecular formula is C20H17N5O3S. The van der Waals surface area contributed by atoms with Crippen LogP contribution in [0.1, 0.15) is 22.5 Å². The van der Waals surface area contributed by atoms with Gasteiger partial charge in [0.15, 0.2) is 0 Å². The zero-order valence-electron chi connectivity index (χ0n) is 15.9. The van der Waals surface area contributed by atoms with E-state index >= 15 is 0 Å². The maximum Gasteiger partial charge on any atom is 0.275 e. The molecule has 1 aliphatic rings. The number of amides is 1. The van der Waals surface area contributed by atoms with E-state index in [0.29, 0.717) is 22.5 Å². The zero-order chi connectivity index (χ0) is 20.7. The molecule has 4 rings (SSSR count). The van der Waals surface area contributed by atoms with E-state index in [1.807, 2.05) is 38.1 Å². The Bertz CT molecular complexity index is 1180. The van der Waals surface area contributed by atoms with Crippen LogP contribution in [0.2, 0.25) is 0 Å². The number of carbonyl (C=O) groups excluding carboxylic acids is 1. The molecule has 0 radical (unpaired) electrons. The molecule has 0 unspecified atom stereocenters. The van der Waals surface area contributed by atoms with Crippen LogP contribution in [-0.2, 0) is 4.79 Å². The van der Waals surface area contributed by atoms with E-state index in [2.05, 4.69) is 20.5 Å². The van der Waals surface area contributed by atoms with Crippen LogP contribution in [-0.4, -0.2) is 26.7 Å². The Morgan fingerprint density at radius 1 is 1.17 bits per heavy atom. The third kappa shape index (κ3) is 3.40. The summed E-state index contributed by atoms with van der Waals surface area (Å²) in [5.74, 6) is -0.376. The van der Waals surface area contributed by atoms with Gasteiger partial charge in [0, 0.05) is 28.3 Å². The molecule has 0 atom stereocenters. The summed E-state index contributed by atoms with van der Waals surface area (Å²) in [6.45, 7) is 5.59. The van der Waals surface area contributed by atoms with E-state index in [1.165, 1.54) is 23.9 Å². The lowest BCUT2D eigenvalue weighted by Crippen LogP contribution is -2.14. The third-order valence-corrected chi connectivity index (χ3v) is 5.98. The Kier molecular flexibility index (Phi) is 4.67. The van der Waals surface area contributed by atoms with Crippen molar-refractivity contribution in [3.05, 3.63) is 69.0 Å². The molecule has 0 aliphatic carbocycles. The Balaban J connectivity index is 1.81. The van der Waals surface area contributed by atoms with Crippen molar-refractivity contribution >= 4 is 40.4 Å². The maximum atomic E-state index is 12.6. The number of nitro groups is 1. The topological polar surface area (TPSA) is 113 Å². The van der Waals surface area contributed by atoms with E-state index in [4.69, 9.17) is 0 Å². The van der Waals surface area contributed by atoms with Crippen LogP contribution in [0.25, 0.3) is 0 Å². The van der Waals surface area contributed by atoms with Crippen molar-refractivity contribution in [3.63, 3.8) is 0 Å². The predicted octanol–water partition coefficient (Wildman–Crippen LogP) is 4.47. The first-order valence-electron chi connectivity index (χ1n) is 8.83. The van der Waals surface area contributed by atoms with Crippen LogP contribution >= 0.6 is 11.8 Å². The van der Waals surface area contributed by atoms with E-state index < -0.39 is 4.92 Å². The number of hydrogen-bond acceptors (Lipinski definition) is 6. The number of benzene rings is 2. The summed E-state index contributed by atoms with van der Waals surface area (Å²) >= 11 is 1.51. The molecule has 3 aromatic rings. The standard InChI is InChI=1S/C20H17N5O3S/c1-10-8-13(25(27)28)9-14-17(10)22-20(26)18(14)21-15-6-4-5-7-16(15)29-19-11(2)23-24-12(19)3/h4-9H,1-3H3,(H,23,24)(H,21,22,26). The second kappa shape index (κ2) is 7.17. The summed E-state index contributed by atoms with van der Waals surface area (Å²) in [5, 5.41) is 21.2. The van der Waals surface area contributed by atoms with Gasteiger partial charge in [-0.15, -0.1) is 0 Å². The smallest absolute Gasteiger partial charge is 0.275 e. The molecule has 2 N–H and O–H groups in total. The first kappa shape index (κ1) is 18.9. The van der Waals surface area contributed by atoms with Crippen LogP contribution in [0.4, 0.5) is 17.1 Å². The summed E-state index contributed by atoms with van der Waals surface area (Å²) < 4.78 is 0. The molecule has 0 fully saturated rings. The van der Waals surface area contributed by atoms with Gasteiger partial charge >= 0.3 is 0 Å². The van der Waals surface area contributed by atoms with Crippen molar-refractivity contribution in [1.29, 1.82) is 0 Å². The lowest BCUT2D eigenvalue weighted by atomic mass is 10.1. The monoisotopic (exact) mass is 407 g/mol. The first-order valence-corrected chi connectivity index (χ1v) is 9.64. The third-order valence-electron chi connectivity index (χ3n) is 4.61. The highest BCUT2D eigenvalue weighted by Gasteiger charge is 2.30. The van der Waals surface area contributed by atoms with Gasteiger partial charge in [0.2, 0.25) is 0 Å². The number of non-ortho nitro benzene ring substituents is 1. The Morgan fingerprint density at radius 2 is 1.93 bits per heavy atom. The summed E-state index contributed by atoms with van der Waals surface area (Å²) in [6.07, 6.45) is 0. The number of aromatic nitrogens is 2. The molecular weight excluding hydrogens is 390 g/mol. The first-order chi connectivity index (χ1) is 13.8. The number of fused-ring (bicyclic) bond motifs is 1. The van der Waals surface area contributed by atoms with Gasteiger partial charge < -0.3 is 5.32 Å². The van der Waals surface area contributed by atoms with Crippen molar-refractivity contribution in [3.8, 4) is 0 Å². The lowest BCUT2D eigenvalue weighted by molar-refractivity contribution is -0.384. The second-order valence-electron chi connectivity index (χ2n) is 6.69. The minimum atomic E-state index is -0.470. The van der Waals surface area contributed by atoms with Gasteiger partial charge in [-0.25, -0.2) is 4.99 Å². The molecule has 1 aliphatic heterocycles. The van der Waals surface area contributed by atoms with Crippen molar-refractivity contribution in [2.24, 2.45) is 4.99 Å². The van der Waals surface area contributed by atoms with Crippen molar-refractivity contribution in [2.75, 3.05) is 5.32 Å². The van der Waals surface area contributed by atoms with E-state index in [1.54, 1.807) is 6.92 Å². The average Bonchev–Trinajstić information content (AvgIpc) is 3.17. The lowest BCUT2D eigenvalue weighted by Gasteiger charge is -2.07. The molecule has 0 bridgehead atoms. The van der Waals surface area contributed by atoms with Crippen molar-refractivity contribution in [1.82, 2.24) is 10.2 Å². The van der Waals surface area contributed by atoms with Crippen molar-refractivity contribution < 1.29 is 9.72 Å². The molecule has 1 aromatic heterocycles. The van der Waals surface area contributed by atoms with Gasteiger partial charge in [0.05, 0.1) is 26.9 Å². The van der Waals surface area contributed by atoms with E-state index in [9.17, 15) is 14.9 Å². The summed E-state index contributed by atoms with van der Waals surface area (Å²) in [4.78, 5) is 29.8. The van der Waals surface area contributed by atoms with Crippen LogP contribution in [0.5, 0.6) is 0 Å². The SMILES string of the molecule is Cc1cc([N+](=O)[O-])cc2c1NC(=O)C2=Nc1ccccc1Sc1c(C)n[nH]c1C. The highest BCUT2D eigenvalue weighted by molar-refractivity contribution is 7.99. The number of aromatic amines is 1. The average molecular weight is 407 g/mol. The molecule has 0 spiro atoms. The maximum absolute atomic E-state index is 12.6. The molecule has 1 amide bonds. The number of nitrogens with zero attached hydrogens (tertiary/aromatic N) is 3. The number of anilines is 1. The van der Waals surface area contributed by atoms with Gasteiger partial charge in [0.1, 0.15) is 5.71 Å². The molecule has 9 heteroatoms. The Hall–Kier alpha value is -3.46. The fraction of sp³-hybridized carbons (Fsp3) is 0.150. The summed E-state index contributed by atoms with van der Waals surface area (Å²) in [7, 11) is 0. The minimum absolute atomic E-state index is 0.0715. The molecule has 0 saturated heterocycles. The molecule has 2 heterocycles. The summed E-state index contributed by atoms with van der Waals surface area (Å²) in [5.41, 5.74) is 4.16. The second-order valence-corrected chi connectivity index (χ2v) is 7.74. The van der Waals surface area contributed by atoms with Crippen LogP contribution in [0.15, 0.2) is 51.2 Å². The largest absolute Gasteiger partial charge is 0.320 e. The molecule has 2 aromatic carbocycles. The van der Waals surface area contributed by atoms with Crippen LogP contribution < -0.4 is 5.32 Å². The highest BCUT2D eigenvalue weighted by Crippen LogP contribution is 2.39. The molecule has 8 nitrogen and oxygen atoms in total. The van der Waals surface area contributed by atoms with Crippen LogP contribution in [0.3, 0.4) is 0 Å². The number of aryl methyl sites for hydroxylation is 3. The molecule has 146 valence electrons. The Labute approximate surface area is 170 Å². The van der Waals surface area contributed by atoms with Crippen molar-refractivity contribution in [2.45, 2.75) is 30.6 Å². The van der Waals surface area contributed by atoms with Gasteiger partial charge in [-0.05, 0) is 38.5 Å². The number of para-hydroxylation sites is 1. The van der Waals surface area contributed by atoms with E-state index in [-0.39, 0.29) is 17.3 Å². The molecule has 0 saturated carbocycles. The summed E-state index contributed by atoms with van der Waals surface area (Å²) in [6, 6.07) is 10.3. The number of nitro benzene ring substituents is 1. The van der Waals surface area contributed by atoms with Gasteiger partial charge in [-0.2, -0.15) is 5.10 Å². The fourth-order valence-corrected chi connectivity index (χ4v) is 4.17. The zero-order valence-corrected chi connectivity index (χ0v) is 16.8. The van der Waals surface area contributed by atoms with Gasteiger partial charge in [0.25, 0.3) is 11.6 Å². The highest BCUT2D eigenvalue weighted by atomic mass is 32.2. The normalized spacial score (nSPS) is 14.2. The van der Waals surface area contributed by atoms with Crippen LogP contribution in [0, 0.1) is 30.9 Å². The quantitative estimate of drug-likeness (QED) is 0.489. The predicted molar refractivity (Wildman–Crippen MR) is 111 cm³/mol. The number of aliphatic imine (C=N–C) groups is 1. The minimum Gasteiger partial charge on any atom is -0.320 e. The number of nitrogens with one attached hydrogen (secondary N) is 2.